The molecule has 2 aromatic carbocycles. The third-order valence-corrected chi connectivity index (χ3v) is 8.82. The Balaban J connectivity index is 1.47. The van der Waals surface area contributed by atoms with Gasteiger partial charge in [0.25, 0.3) is 0 Å². The zero-order valence-electron chi connectivity index (χ0n) is 24.7. The van der Waals surface area contributed by atoms with Crippen LogP contribution in [0, 0.1) is 5.82 Å². The lowest BCUT2D eigenvalue weighted by Gasteiger charge is -2.38. The molecule has 5 atom stereocenters. The molecule has 0 radical (unpaired) electrons. The van der Waals surface area contributed by atoms with E-state index < -0.39 is 33.9 Å². The number of halogens is 1. The number of imidazole rings is 1. The maximum Gasteiger partial charge on any atom is 0.302 e. The summed E-state index contributed by atoms with van der Waals surface area (Å²) in [6, 6.07) is 14.9. The Morgan fingerprint density at radius 3 is 2.48 bits per heavy atom. The number of rotatable bonds is 11. The van der Waals surface area contributed by atoms with Crippen LogP contribution in [0.3, 0.4) is 0 Å². The van der Waals surface area contributed by atoms with Crippen LogP contribution in [0.25, 0.3) is 5.78 Å². The largest absolute Gasteiger partial charge is 0.481 e. The third-order valence-electron chi connectivity index (χ3n) is 7.62. The van der Waals surface area contributed by atoms with Crippen molar-refractivity contribution in [2.24, 2.45) is 0 Å². The van der Waals surface area contributed by atoms with Gasteiger partial charge in [-0.15, -0.1) is 0 Å². The van der Waals surface area contributed by atoms with Crippen LogP contribution in [0.1, 0.15) is 48.3 Å². The molecule has 2 aromatic heterocycles. The van der Waals surface area contributed by atoms with Crippen LogP contribution in [0.5, 0.6) is 5.75 Å². The van der Waals surface area contributed by atoms with E-state index in [0.717, 1.165) is 17.3 Å². The van der Waals surface area contributed by atoms with Gasteiger partial charge in [-0.2, -0.15) is 0 Å². The number of aliphatic hydroxyl groups excluding tert-OH is 1. The molecule has 4 aromatic rings. The van der Waals surface area contributed by atoms with Gasteiger partial charge in [0, 0.05) is 31.4 Å². The molecular formula is C32H35FN4O6S. The maximum atomic E-state index is 13.8. The molecule has 44 heavy (non-hydrogen) atoms. The Morgan fingerprint density at radius 1 is 1.14 bits per heavy atom. The van der Waals surface area contributed by atoms with E-state index in [9.17, 15) is 23.9 Å². The van der Waals surface area contributed by atoms with Crippen molar-refractivity contribution < 1.29 is 28.6 Å². The Morgan fingerprint density at radius 2 is 1.82 bits per heavy atom. The van der Waals surface area contributed by atoms with Gasteiger partial charge in [-0.25, -0.2) is 13.8 Å². The summed E-state index contributed by atoms with van der Waals surface area (Å²) in [5.41, 5.74) is 0.652. The molecule has 1 aliphatic heterocycles. The lowest BCUT2D eigenvalue weighted by Crippen LogP contribution is -2.51. The fraction of sp³-hybridized carbons (Fsp3) is 0.375. The maximum absolute atomic E-state index is 13.8. The summed E-state index contributed by atoms with van der Waals surface area (Å²) in [6.45, 7) is 6.83. The predicted molar refractivity (Wildman–Crippen MR) is 164 cm³/mol. The zero-order valence-corrected chi connectivity index (χ0v) is 25.5. The predicted octanol–water partition coefficient (Wildman–Crippen LogP) is 3.89. The number of hydrogen-bond donors (Lipinski definition) is 1. The van der Waals surface area contributed by atoms with E-state index >= 15 is 0 Å². The molecule has 232 valence electrons. The molecule has 10 nitrogen and oxygen atoms in total. The molecule has 5 rings (SSSR count). The second-order valence-electron chi connectivity index (χ2n) is 11.0. The number of ether oxygens (including phenoxy) is 2. The number of benzene rings is 2. The highest BCUT2D eigenvalue weighted by atomic mass is 32.2. The van der Waals surface area contributed by atoms with Crippen molar-refractivity contribution in [1.29, 1.82) is 0 Å². The first-order valence-electron chi connectivity index (χ1n) is 14.4. The van der Waals surface area contributed by atoms with Crippen LogP contribution in [0.4, 0.5) is 4.39 Å². The van der Waals surface area contributed by atoms with Gasteiger partial charge in [-0.05, 0) is 37.1 Å². The highest BCUT2D eigenvalue weighted by Crippen LogP contribution is 2.31. The van der Waals surface area contributed by atoms with Gasteiger partial charge in [0.15, 0.2) is 5.69 Å². The van der Waals surface area contributed by atoms with Gasteiger partial charge in [-0.1, -0.05) is 61.2 Å². The molecule has 1 fully saturated rings. The number of fused-ring (bicyclic) bond motifs is 1. The van der Waals surface area contributed by atoms with E-state index in [-0.39, 0.29) is 42.6 Å². The van der Waals surface area contributed by atoms with Crippen molar-refractivity contribution in [3.8, 4) is 5.75 Å². The van der Waals surface area contributed by atoms with Gasteiger partial charge < -0.3 is 23.9 Å². The number of aliphatic hydroxyl groups is 1. The van der Waals surface area contributed by atoms with Gasteiger partial charge in [-0.3, -0.25) is 14.5 Å². The molecule has 3 heterocycles. The van der Waals surface area contributed by atoms with Crippen molar-refractivity contribution in [2.75, 3.05) is 13.1 Å². The summed E-state index contributed by atoms with van der Waals surface area (Å²) >= 11 is 0.731. The van der Waals surface area contributed by atoms with Crippen LogP contribution in [0.2, 0.25) is 0 Å². The minimum Gasteiger partial charge on any atom is -0.481 e. The summed E-state index contributed by atoms with van der Waals surface area (Å²) < 4.78 is 28.1. The highest BCUT2D eigenvalue weighted by Gasteiger charge is 2.30. The lowest BCUT2D eigenvalue weighted by molar-refractivity contribution is -0.123. The molecule has 1 N–H and O–H groups in total. The number of carbonyl (C=O) groups is 2. The molecule has 0 bridgehead atoms. The van der Waals surface area contributed by atoms with E-state index in [1.54, 1.807) is 29.8 Å². The number of thioether (sulfide) groups is 1. The second kappa shape index (κ2) is 13.9. The number of aldehydes is 1. The topological polar surface area (TPSA) is 115 Å². The number of morpholine rings is 1. The first kappa shape index (κ1) is 31.6. The Labute approximate surface area is 258 Å². The molecule has 0 amide bonds. The number of nitrogens with zero attached hydrogens (tertiary/aromatic N) is 4. The van der Waals surface area contributed by atoms with Crippen molar-refractivity contribution >= 4 is 28.9 Å². The highest BCUT2D eigenvalue weighted by molar-refractivity contribution is 8.15. The van der Waals surface area contributed by atoms with Gasteiger partial charge in [0.1, 0.15) is 24.9 Å². The summed E-state index contributed by atoms with van der Waals surface area (Å²) in [5.74, 6) is -0.931. The molecule has 0 aliphatic carbocycles. The van der Waals surface area contributed by atoms with Gasteiger partial charge >= 0.3 is 5.56 Å². The van der Waals surface area contributed by atoms with Crippen molar-refractivity contribution in [1.82, 2.24) is 18.9 Å². The molecule has 0 saturated carbocycles. The molecule has 5 unspecified atom stereocenters. The van der Waals surface area contributed by atoms with Crippen LogP contribution in [0.15, 0.2) is 71.8 Å². The zero-order chi connectivity index (χ0) is 31.4. The average molecular weight is 623 g/mol. The second-order valence-corrected chi connectivity index (χ2v) is 12.2. The Hall–Kier alpha value is -3.84. The first-order chi connectivity index (χ1) is 21.1. The van der Waals surface area contributed by atoms with Crippen LogP contribution in [-0.2, 0) is 22.7 Å². The number of carbonyl (C=O) groups excluding carboxylic acids is 2. The van der Waals surface area contributed by atoms with E-state index in [4.69, 9.17) is 9.47 Å². The fourth-order valence-corrected chi connectivity index (χ4v) is 6.25. The summed E-state index contributed by atoms with van der Waals surface area (Å²) in [4.78, 5) is 46.1. The van der Waals surface area contributed by atoms with Crippen molar-refractivity contribution in [2.45, 2.75) is 63.5 Å². The van der Waals surface area contributed by atoms with E-state index in [1.807, 2.05) is 49.1 Å². The van der Waals surface area contributed by atoms with Crippen LogP contribution in [-0.4, -0.2) is 72.1 Å². The summed E-state index contributed by atoms with van der Waals surface area (Å²) in [7, 11) is 0. The number of hydrogen-bond acceptors (Lipinski definition) is 9. The molecular weight excluding hydrogens is 587 g/mol. The molecule has 1 aliphatic rings. The first-order valence-corrected chi connectivity index (χ1v) is 15.3. The smallest absolute Gasteiger partial charge is 0.302 e. The van der Waals surface area contributed by atoms with Crippen LogP contribution >= 0.6 is 11.8 Å². The Bertz CT molecular complexity index is 1650. The molecule has 1 saturated heterocycles. The quantitative estimate of drug-likeness (QED) is 0.249. The van der Waals surface area contributed by atoms with E-state index in [0.29, 0.717) is 24.9 Å². The van der Waals surface area contributed by atoms with Crippen LogP contribution < -0.4 is 10.3 Å². The number of aromatic nitrogens is 3. The minimum absolute atomic E-state index is 0.0185. The van der Waals surface area contributed by atoms with Gasteiger partial charge in [0.05, 0.1) is 24.0 Å². The van der Waals surface area contributed by atoms with Crippen molar-refractivity contribution in [3.05, 3.63) is 100.0 Å². The fourth-order valence-electron chi connectivity index (χ4n) is 5.33. The standard InChI is InChI=1S/C32H35FN4O6S/c1-20-15-36(16-21(2)43-20)27(39)17-35-13-14-37-30(40)29(42-19-23-7-5-4-6-8-23)28(34-32(35)37)31(41)44-26(18-38)22(3)24-9-11-25(33)12-10-24/h4-14,18,20-22,26-27,39H,15-17,19H2,1-3H3. The molecule has 0 spiro atoms. The summed E-state index contributed by atoms with van der Waals surface area (Å²) in [5, 5.41) is 9.61. The lowest BCUT2D eigenvalue weighted by atomic mass is 9.98. The monoisotopic (exact) mass is 622 g/mol. The van der Waals surface area contributed by atoms with Crippen molar-refractivity contribution in [3.63, 3.8) is 0 Å². The summed E-state index contributed by atoms with van der Waals surface area (Å²) in [6.07, 6.45) is 2.80. The SMILES string of the molecule is CC1CN(C(O)Cn2ccn3c(=O)c(OCc4ccccc4)c(C(=O)SC(C=O)C(C)c4ccc(F)cc4)nc23)CC(C)O1. The minimum atomic E-state index is -0.893. The molecule has 12 heteroatoms. The van der Waals surface area contributed by atoms with E-state index in [1.165, 1.54) is 22.7 Å². The Kier molecular flexibility index (Phi) is 9.94. The normalized spacial score (nSPS) is 19.4. The van der Waals surface area contributed by atoms with Gasteiger partial charge in [0.2, 0.25) is 16.6 Å². The third kappa shape index (κ3) is 7.10. The average Bonchev–Trinajstić information content (AvgIpc) is 3.41. The van der Waals surface area contributed by atoms with E-state index in [2.05, 4.69) is 4.98 Å².